The molecule has 2 atom stereocenters. The maximum atomic E-state index is 12.5. The van der Waals surface area contributed by atoms with E-state index in [1.54, 1.807) is 7.11 Å². The number of benzene rings is 3. The third-order valence-electron chi connectivity index (χ3n) is 5.52. The van der Waals surface area contributed by atoms with Crippen LogP contribution in [0.3, 0.4) is 0 Å². The van der Waals surface area contributed by atoms with Crippen molar-refractivity contribution in [3.63, 3.8) is 0 Å². The summed E-state index contributed by atoms with van der Waals surface area (Å²) in [5.41, 5.74) is 2.09. The number of alkyl carbamates (subject to hydrolysis) is 1. The van der Waals surface area contributed by atoms with Crippen LogP contribution in [0, 0.1) is 0 Å². The average molecular weight is 494 g/mol. The highest BCUT2D eigenvalue weighted by atomic mass is 32.2. The average Bonchev–Trinajstić information content (AvgIpc) is 2.89. The third-order valence-corrected chi connectivity index (χ3v) is 6.87. The summed E-state index contributed by atoms with van der Waals surface area (Å²) in [7, 11) is 1.60. The van der Waals surface area contributed by atoms with E-state index >= 15 is 0 Å². The molecule has 0 heterocycles. The first-order valence-electron chi connectivity index (χ1n) is 11.6. The molecule has 0 fully saturated rings. The van der Waals surface area contributed by atoms with Gasteiger partial charge in [-0.1, -0.05) is 67.1 Å². The van der Waals surface area contributed by atoms with Gasteiger partial charge >= 0.3 is 12.1 Å². The van der Waals surface area contributed by atoms with Crippen molar-refractivity contribution in [1.82, 2.24) is 5.32 Å². The van der Waals surface area contributed by atoms with Crippen LogP contribution in [0.5, 0.6) is 5.75 Å². The predicted octanol–water partition coefficient (Wildman–Crippen LogP) is 5.95. The molecule has 0 aromatic heterocycles. The van der Waals surface area contributed by atoms with Crippen LogP contribution in [-0.2, 0) is 22.6 Å². The van der Waals surface area contributed by atoms with Gasteiger partial charge in [0.2, 0.25) is 0 Å². The monoisotopic (exact) mass is 493 g/mol. The Morgan fingerprint density at radius 3 is 2.11 bits per heavy atom. The van der Waals surface area contributed by atoms with Gasteiger partial charge in [0.15, 0.2) is 0 Å². The van der Waals surface area contributed by atoms with Crippen LogP contribution in [0.2, 0.25) is 0 Å². The van der Waals surface area contributed by atoms with Gasteiger partial charge in [-0.15, -0.1) is 11.8 Å². The van der Waals surface area contributed by atoms with Crippen molar-refractivity contribution in [2.45, 2.75) is 48.5 Å². The number of carbonyl (C=O) groups excluding carboxylic acids is 1. The molecule has 3 rings (SSSR count). The number of thioether (sulfide) groups is 1. The van der Waals surface area contributed by atoms with E-state index in [2.05, 4.69) is 17.4 Å². The second-order valence-corrected chi connectivity index (χ2v) is 9.40. The first kappa shape index (κ1) is 26.2. The number of rotatable bonds is 13. The SMILES string of the molecule is COc1ccc(SC(CCCCc2ccccc2)C(NC(=O)OCc2ccccc2)C(=O)O)cc1. The van der Waals surface area contributed by atoms with Crippen LogP contribution < -0.4 is 10.1 Å². The standard InChI is InChI=1S/C28H31NO5S/c1-33-23-16-18-24(19-17-23)35-25(15-9-8-12-21-10-4-2-5-11-21)26(27(30)31)29-28(32)34-20-22-13-6-3-7-14-22/h2-7,10-11,13-14,16-19,25-26H,8-9,12,15,20H2,1H3,(H,29,32)(H,30,31). The molecule has 3 aromatic rings. The molecule has 2 N–H and O–H groups in total. The highest BCUT2D eigenvalue weighted by molar-refractivity contribution is 8.00. The number of hydrogen-bond donors (Lipinski definition) is 2. The maximum Gasteiger partial charge on any atom is 0.408 e. The number of aliphatic carboxylic acids is 1. The Morgan fingerprint density at radius 2 is 1.51 bits per heavy atom. The van der Waals surface area contributed by atoms with Gasteiger partial charge in [-0.3, -0.25) is 0 Å². The Morgan fingerprint density at radius 1 is 0.886 bits per heavy atom. The Kier molecular flexibility index (Phi) is 10.5. The van der Waals surface area contributed by atoms with Crippen molar-refractivity contribution < 1.29 is 24.2 Å². The van der Waals surface area contributed by atoms with E-state index in [4.69, 9.17) is 9.47 Å². The second kappa shape index (κ2) is 14.1. The zero-order chi connectivity index (χ0) is 24.9. The topological polar surface area (TPSA) is 84.9 Å². The zero-order valence-corrected chi connectivity index (χ0v) is 20.6. The molecule has 184 valence electrons. The predicted molar refractivity (Wildman–Crippen MR) is 138 cm³/mol. The molecule has 0 bridgehead atoms. The molecule has 0 spiro atoms. The fraction of sp³-hybridized carbons (Fsp3) is 0.286. The minimum atomic E-state index is -1.10. The number of carboxylic acid groups (broad SMARTS) is 1. The van der Waals surface area contributed by atoms with Crippen LogP contribution in [0.25, 0.3) is 0 Å². The highest BCUT2D eigenvalue weighted by Crippen LogP contribution is 2.31. The van der Waals surface area contributed by atoms with Gasteiger partial charge in [-0.2, -0.15) is 0 Å². The van der Waals surface area contributed by atoms with E-state index in [-0.39, 0.29) is 11.9 Å². The first-order valence-corrected chi connectivity index (χ1v) is 12.5. The number of ether oxygens (including phenoxy) is 2. The number of nitrogens with one attached hydrogen (secondary N) is 1. The van der Waals surface area contributed by atoms with Gasteiger partial charge < -0.3 is 19.9 Å². The number of unbranched alkanes of at least 4 members (excludes halogenated alkanes) is 1. The third kappa shape index (κ3) is 9.02. The Balaban J connectivity index is 1.64. The molecular weight excluding hydrogens is 462 g/mol. The van der Waals surface area contributed by atoms with Crippen LogP contribution in [0.4, 0.5) is 4.79 Å². The number of aryl methyl sites for hydroxylation is 1. The van der Waals surface area contributed by atoms with Crippen molar-refractivity contribution in [2.75, 3.05) is 7.11 Å². The summed E-state index contributed by atoms with van der Waals surface area (Å²) in [6, 6.07) is 25.9. The summed E-state index contributed by atoms with van der Waals surface area (Å²) < 4.78 is 10.5. The van der Waals surface area contributed by atoms with Gasteiger partial charge in [0, 0.05) is 10.1 Å². The Bertz CT molecular complexity index is 1040. The summed E-state index contributed by atoms with van der Waals surface area (Å²) in [4.78, 5) is 25.6. The van der Waals surface area contributed by atoms with Crippen LogP contribution in [-0.4, -0.2) is 35.6 Å². The van der Waals surface area contributed by atoms with E-state index in [1.807, 2.05) is 72.8 Å². The summed E-state index contributed by atoms with van der Waals surface area (Å²) in [5, 5.41) is 12.2. The lowest BCUT2D eigenvalue weighted by Gasteiger charge is -2.24. The number of methoxy groups -OCH3 is 1. The number of carboxylic acids is 1. The number of hydrogen-bond acceptors (Lipinski definition) is 5. The smallest absolute Gasteiger partial charge is 0.408 e. The molecule has 0 radical (unpaired) electrons. The molecule has 0 saturated carbocycles. The van der Waals surface area contributed by atoms with Gasteiger partial charge in [0.05, 0.1) is 7.11 Å². The maximum absolute atomic E-state index is 12.5. The van der Waals surface area contributed by atoms with Crippen molar-refractivity contribution in [3.8, 4) is 5.75 Å². The lowest BCUT2D eigenvalue weighted by Crippen LogP contribution is -2.47. The van der Waals surface area contributed by atoms with E-state index in [0.29, 0.717) is 6.42 Å². The molecule has 3 aromatic carbocycles. The van der Waals surface area contributed by atoms with Crippen LogP contribution >= 0.6 is 11.8 Å². The summed E-state index contributed by atoms with van der Waals surface area (Å²) in [6.07, 6.45) is 2.55. The lowest BCUT2D eigenvalue weighted by molar-refractivity contribution is -0.139. The molecule has 1 amide bonds. The summed E-state index contributed by atoms with van der Waals surface area (Å²) >= 11 is 1.44. The second-order valence-electron chi connectivity index (χ2n) is 8.09. The van der Waals surface area contributed by atoms with Gasteiger partial charge in [0.1, 0.15) is 18.4 Å². The van der Waals surface area contributed by atoms with Crippen molar-refractivity contribution >= 4 is 23.8 Å². The minimum Gasteiger partial charge on any atom is -0.497 e. The number of carbonyl (C=O) groups is 2. The van der Waals surface area contributed by atoms with E-state index < -0.39 is 18.1 Å². The fourth-order valence-corrected chi connectivity index (χ4v) is 4.90. The molecule has 0 aliphatic rings. The Labute approximate surface area is 210 Å². The minimum absolute atomic E-state index is 0.0758. The molecule has 6 nitrogen and oxygen atoms in total. The normalized spacial score (nSPS) is 12.4. The van der Waals surface area contributed by atoms with E-state index in [1.165, 1.54) is 17.3 Å². The molecular formula is C28H31NO5S. The Hall–Kier alpha value is -3.45. The molecule has 7 heteroatoms. The van der Waals surface area contributed by atoms with Gasteiger partial charge in [-0.25, -0.2) is 9.59 Å². The van der Waals surface area contributed by atoms with Crippen molar-refractivity contribution in [3.05, 3.63) is 96.1 Å². The van der Waals surface area contributed by atoms with Crippen LogP contribution in [0.15, 0.2) is 89.8 Å². The van der Waals surface area contributed by atoms with E-state index in [0.717, 1.165) is 35.5 Å². The lowest BCUT2D eigenvalue weighted by atomic mass is 10.0. The molecule has 0 aliphatic heterocycles. The van der Waals surface area contributed by atoms with E-state index in [9.17, 15) is 14.7 Å². The zero-order valence-electron chi connectivity index (χ0n) is 19.8. The fourth-order valence-electron chi connectivity index (χ4n) is 3.65. The van der Waals surface area contributed by atoms with Gasteiger partial charge in [0.25, 0.3) is 0 Å². The highest BCUT2D eigenvalue weighted by Gasteiger charge is 2.31. The molecule has 2 unspecified atom stereocenters. The van der Waals surface area contributed by atoms with Crippen molar-refractivity contribution in [2.24, 2.45) is 0 Å². The quantitative estimate of drug-likeness (QED) is 0.226. The first-order chi connectivity index (χ1) is 17.0. The molecule has 0 saturated heterocycles. The summed E-state index contributed by atoms with van der Waals surface area (Å²) in [6.45, 7) is 0.0758. The molecule has 35 heavy (non-hydrogen) atoms. The van der Waals surface area contributed by atoms with Crippen molar-refractivity contribution in [1.29, 1.82) is 0 Å². The van der Waals surface area contributed by atoms with Crippen LogP contribution in [0.1, 0.15) is 30.4 Å². The molecule has 0 aliphatic carbocycles. The summed E-state index contributed by atoms with van der Waals surface area (Å²) in [5.74, 6) is -0.359. The number of amides is 1. The van der Waals surface area contributed by atoms with Gasteiger partial charge in [-0.05, 0) is 54.7 Å². The largest absolute Gasteiger partial charge is 0.497 e.